The molecule has 3 heterocycles. The van der Waals surface area contributed by atoms with Gasteiger partial charge >= 0.3 is 0 Å². The molecule has 1 fully saturated rings. The Balaban J connectivity index is 1.51. The maximum Gasteiger partial charge on any atom is 0.251 e. The smallest absolute Gasteiger partial charge is 0.251 e. The van der Waals surface area contributed by atoms with E-state index in [9.17, 15) is 9.59 Å². The number of amides is 2. The summed E-state index contributed by atoms with van der Waals surface area (Å²) in [6.07, 6.45) is 3.10. The molecule has 0 bridgehead atoms. The first-order chi connectivity index (χ1) is 14.2. The molecular formula is C23H21N3O3. The number of rotatable bonds is 4. The lowest BCUT2D eigenvalue weighted by atomic mass is 9.94. The van der Waals surface area contributed by atoms with Gasteiger partial charge in [0, 0.05) is 42.6 Å². The van der Waals surface area contributed by atoms with Crippen molar-refractivity contribution in [2.75, 3.05) is 19.7 Å². The van der Waals surface area contributed by atoms with Gasteiger partial charge in [0.05, 0.1) is 12.1 Å². The van der Waals surface area contributed by atoms with Gasteiger partial charge in [0.2, 0.25) is 5.91 Å². The van der Waals surface area contributed by atoms with Gasteiger partial charge < -0.3 is 15.4 Å². The standard InChI is InChI=1S/C23H21N3O3/c27-22-8-14(12-26-22)13-29-21-11-17(10-20-19(21)2-1-6-24-20)15-3-4-18-16(9-15)5-7-25-23(18)28/h1-4,6,9-11,14H,5,7-8,12-13H2,(H,25,28)(H,26,27)/t14-/m1/s1. The molecule has 0 unspecified atom stereocenters. The number of carbonyl (C=O) groups excluding carboxylic acids is 2. The van der Waals surface area contributed by atoms with E-state index in [2.05, 4.69) is 21.7 Å². The van der Waals surface area contributed by atoms with E-state index in [1.54, 1.807) is 6.20 Å². The molecule has 1 atom stereocenters. The van der Waals surface area contributed by atoms with E-state index in [0.717, 1.165) is 45.3 Å². The molecule has 0 spiro atoms. The van der Waals surface area contributed by atoms with Gasteiger partial charge in [-0.3, -0.25) is 14.6 Å². The Morgan fingerprint density at radius 2 is 2.00 bits per heavy atom. The van der Waals surface area contributed by atoms with Gasteiger partial charge in [-0.15, -0.1) is 0 Å². The summed E-state index contributed by atoms with van der Waals surface area (Å²) in [5.41, 5.74) is 4.70. The van der Waals surface area contributed by atoms with Crippen LogP contribution in [0.3, 0.4) is 0 Å². The van der Waals surface area contributed by atoms with Crippen LogP contribution in [-0.2, 0) is 11.2 Å². The van der Waals surface area contributed by atoms with E-state index >= 15 is 0 Å². The molecule has 3 aromatic rings. The van der Waals surface area contributed by atoms with E-state index in [1.165, 1.54) is 0 Å². The number of pyridine rings is 1. The third-order valence-corrected chi connectivity index (χ3v) is 5.58. The largest absolute Gasteiger partial charge is 0.492 e. The van der Waals surface area contributed by atoms with E-state index < -0.39 is 0 Å². The summed E-state index contributed by atoms with van der Waals surface area (Å²) >= 11 is 0. The van der Waals surface area contributed by atoms with Gasteiger partial charge in [0.15, 0.2) is 0 Å². The summed E-state index contributed by atoms with van der Waals surface area (Å²) in [5.74, 6) is 1.01. The maximum atomic E-state index is 12.0. The minimum atomic E-state index is -0.0123. The fraction of sp³-hybridized carbons (Fsp3) is 0.261. The lowest BCUT2D eigenvalue weighted by Gasteiger charge is -2.18. The van der Waals surface area contributed by atoms with E-state index in [-0.39, 0.29) is 17.7 Å². The molecule has 2 amide bonds. The average molecular weight is 387 g/mol. The zero-order valence-corrected chi connectivity index (χ0v) is 15.9. The second-order valence-electron chi connectivity index (χ2n) is 7.61. The molecular weight excluding hydrogens is 366 g/mol. The molecule has 6 nitrogen and oxygen atoms in total. The zero-order valence-electron chi connectivity index (χ0n) is 15.9. The first-order valence-electron chi connectivity index (χ1n) is 9.87. The predicted molar refractivity (Wildman–Crippen MR) is 110 cm³/mol. The topological polar surface area (TPSA) is 80.3 Å². The Morgan fingerprint density at radius 3 is 2.86 bits per heavy atom. The lowest BCUT2D eigenvalue weighted by molar-refractivity contribution is -0.119. The molecule has 2 aromatic carbocycles. The summed E-state index contributed by atoms with van der Waals surface area (Å²) < 4.78 is 6.15. The van der Waals surface area contributed by atoms with Crippen molar-refractivity contribution >= 4 is 22.7 Å². The Bertz CT molecular complexity index is 1130. The second kappa shape index (κ2) is 7.20. The minimum Gasteiger partial charge on any atom is -0.492 e. The fourth-order valence-electron chi connectivity index (χ4n) is 4.03. The van der Waals surface area contributed by atoms with Crippen molar-refractivity contribution in [2.24, 2.45) is 5.92 Å². The normalized spacial score (nSPS) is 18.3. The Hall–Kier alpha value is -3.41. The number of ether oxygens (including phenoxy) is 1. The molecule has 1 aromatic heterocycles. The molecule has 5 rings (SSSR count). The molecule has 2 aliphatic rings. The van der Waals surface area contributed by atoms with Crippen molar-refractivity contribution in [3.8, 4) is 16.9 Å². The molecule has 29 heavy (non-hydrogen) atoms. The molecule has 0 aliphatic carbocycles. The SMILES string of the molecule is O=C1C[C@@H](COc2cc(-c3ccc4c(c3)CCNC4=O)cc3ncccc23)CN1. The van der Waals surface area contributed by atoms with Crippen LogP contribution in [0.5, 0.6) is 5.75 Å². The highest BCUT2D eigenvalue weighted by atomic mass is 16.5. The number of fused-ring (bicyclic) bond motifs is 2. The molecule has 146 valence electrons. The van der Waals surface area contributed by atoms with Crippen molar-refractivity contribution in [1.29, 1.82) is 0 Å². The fourth-order valence-corrected chi connectivity index (χ4v) is 4.03. The summed E-state index contributed by atoms with van der Waals surface area (Å²) in [4.78, 5) is 28.0. The van der Waals surface area contributed by atoms with Crippen LogP contribution < -0.4 is 15.4 Å². The molecule has 0 radical (unpaired) electrons. The van der Waals surface area contributed by atoms with E-state index in [1.807, 2.05) is 36.4 Å². The van der Waals surface area contributed by atoms with Gasteiger partial charge in [-0.2, -0.15) is 0 Å². The highest BCUT2D eigenvalue weighted by Crippen LogP contribution is 2.33. The minimum absolute atomic E-state index is 0.0123. The van der Waals surface area contributed by atoms with Gasteiger partial charge in [-0.05, 0) is 53.4 Å². The van der Waals surface area contributed by atoms with Gasteiger partial charge in [0.1, 0.15) is 5.75 Å². The Labute approximate surface area is 168 Å². The van der Waals surface area contributed by atoms with Crippen molar-refractivity contribution in [3.05, 3.63) is 59.8 Å². The summed E-state index contributed by atoms with van der Waals surface area (Å²) in [6, 6.07) is 13.9. The third-order valence-electron chi connectivity index (χ3n) is 5.58. The summed E-state index contributed by atoms with van der Waals surface area (Å²) in [6.45, 7) is 1.80. The lowest BCUT2D eigenvalue weighted by Crippen LogP contribution is -2.31. The van der Waals surface area contributed by atoms with Crippen molar-refractivity contribution < 1.29 is 14.3 Å². The molecule has 2 aliphatic heterocycles. The van der Waals surface area contributed by atoms with Crippen molar-refractivity contribution in [2.45, 2.75) is 12.8 Å². The first-order valence-corrected chi connectivity index (χ1v) is 9.87. The van der Waals surface area contributed by atoms with Crippen LogP contribution in [-0.4, -0.2) is 36.5 Å². The van der Waals surface area contributed by atoms with Crippen LogP contribution in [0.4, 0.5) is 0 Å². The first kappa shape index (κ1) is 17.7. The Kier molecular flexibility index (Phi) is 4.39. The maximum absolute atomic E-state index is 12.0. The highest BCUT2D eigenvalue weighted by molar-refractivity contribution is 5.97. The second-order valence-corrected chi connectivity index (χ2v) is 7.61. The number of nitrogens with one attached hydrogen (secondary N) is 2. The monoisotopic (exact) mass is 387 g/mol. The summed E-state index contributed by atoms with van der Waals surface area (Å²) in [5, 5.41) is 6.68. The number of hydrogen-bond acceptors (Lipinski definition) is 4. The van der Waals surface area contributed by atoms with Gasteiger partial charge in [-0.1, -0.05) is 12.1 Å². The molecule has 2 N–H and O–H groups in total. The summed E-state index contributed by atoms with van der Waals surface area (Å²) in [7, 11) is 0. The van der Waals surface area contributed by atoms with Crippen LogP contribution >= 0.6 is 0 Å². The molecule has 1 saturated heterocycles. The van der Waals surface area contributed by atoms with Crippen LogP contribution in [0.2, 0.25) is 0 Å². The van der Waals surface area contributed by atoms with Crippen LogP contribution in [0.15, 0.2) is 48.7 Å². The van der Waals surface area contributed by atoms with Gasteiger partial charge in [-0.25, -0.2) is 0 Å². The number of nitrogens with zero attached hydrogens (tertiary/aromatic N) is 1. The predicted octanol–water partition coefficient (Wildman–Crippen LogP) is 2.70. The van der Waals surface area contributed by atoms with Crippen molar-refractivity contribution in [3.63, 3.8) is 0 Å². The number of carbonyl (C=O) groups is 2. The highest BCUT2D eigenvalue weighted by Gasteiger charge is 2.22. The Morgan fingerprint density at radius 1 is 1.07 bits per heavy atom. The quantitative estimate of drug-likeness (QED) is 0.721. The molecule has 0 saturated carbocycles. The van der Waals surface area contributed by atoms with E-state index in [0.29, 0.717) is 26.1 Å². The van der Waals surface area contributed by atoms with E-state index in [4.69, 9.17) is 4.74 Å². The van der Waals surface area contributed by atoms with Crippen LogP contribution in [0, 0.1) is 5.92 Å². The zero-order chi connectivity index (χ0) is 19.8. The van der Waals surface area contributed by atoms with Crippen molar-refractivity contribution in [1.82, 2.24) is 15.6 Å². The van der Waals surface area contributed by atoms with Crippen LogP contribution in [0.25, 0.3) is 22.0 Å². The number of hydrogen-bond donors (Lipinski definition) is 2. The van der Waals surface area contributed by atoms with Gasteiger partial charge in [0.25, 0.3) is 5.91 Å². The number of benzene rings is 2. The third kappa shape index (κ3) is 3.42. The number of aromatic nitrogens is 1. The molecule has 6 heteroatoms. The average Bonchev–Trinajstić information content (AvgIpc) is 3.17. The van der Waals surface area contributed by atoms with Crippen LogP contribution in [0.1, 0.15) is 22.3 Å².